The van der Waals surface area contributed by atoms with E-state index in [0.29, 0.717) is 5.92 Å². The number of rotatable bonds is 1. The summed E-state index contributed by atoms with van der Waals surface area (Å²) < 4.78 is 2.24. The minimum Gasteiger partial charge on any atom is -0.205 e. The highest BCUT2D eigenvalue weighted by molar-refractivity contribution is 5.18. The van der Waals surface area contributed by atoms with Crippen LogP contribution >= 0.6 is 0 Å². The quantitative estimate of drug-likeness (QED) is 0.602. The lowest BCUT2D eigenvalue weighted by Gasteiger charge is -2.17. The number of hydrogen-bond donors (Lipinski definition) is 0. The Kier molecular flexibility index (Phi) is 2.98. The molecule has 1 aromatic rings. The molecule has 1 heteroatoms. The molecule has 0 radical (unpaired) electrons. The summed E-state index contributed by atoms with van der Waals surface area (Å²) in [4.78, 5) is 0. The van der Waals surface area contributed by atoms with Crippen molar-refractivity contribution in [1.82, 2.24) is 0 Å². The van der Waals surface area contributed by atoms with Crippen molar-refractivity contribution in [1.29, 1.82) is 0 Å². The van der Waals surface area contributed by atoms with Gasteiger partial charge in [-0.1, -0.05) is 34.6 Å². The summed E-state index contributed by atoms with van der Waals surface area (Å²) in [5, 5.41) is 0. The second kappa shape index (κ2) is 3.72. The fourth-order valence-corrected chi connectivity index (χ4v) is 1.66. The molecule has 1 aromatic heterocycles. The molecule has 0 amide bonds. The molecule has 78 valence electrons. The molecule has 1 nitrogen and oxygen atoms in total. The van der Waals surface area contributed by atoms with Crippen LogP contribution in [0.4, 0.5) is 0 Å². The molecule has 0 bridgehead atoms. The van der Waals surface area contributed by atoms with Gasteiger partial charge in [-0.05, 0) is 11.5 Å². The predicted molar refractivity (Wildman–Crippen MR) is 60.4 cm³/mol. The predicted octanol–water partition coefficient (Wildman–Crippen LogP) is 2.93. The van der Waals surface area contributed by atoms with Crippen molar-refractivity contribution in [3.8, 4) is 0 Å². The highest BCUT2D eigenvalue weighted by atomic mass is 14.9. The van der Waals surface area contributed by atoms with E-state index >= 15 is 0 Å². The monoisotopic (exact) mass is 192 g/mol. The van der Waals surface area contributed by atoms with Gasteiger partial charge in [0, 0.05) is 17.5 Å². The van der Waals surface area contributed by atoms with Crippen molar-refractivity contribution in [2.75, 3.05) is 0 Å². The van der Waals surface area contributed by atoms with Crippen LogP contribution in [-0.4, -0.2) is 0 Å². The maximum atomic E-state index is 2.25. The first-order valence-corrected chi connectivity index (χ1v) is 5.32. The smallest absolute Gasteiger partial charge is 0.183 e. The largest absolute Gasteiger partial charge is 0.205 e. The molecule has 0 aliphatic heterocycles. The molecule has 1 rings (SSSR count). The molecule has 0 spiro atoms. The second-order valence-electron chi connectivity index (χ2n) is 5.36. The van der Waals surface area contributed by atoms with Crippen molar-refractivity contribution in [3.05, 3.63) is 29.6 Å². The Morgan fingerprint density at radius 2 is 1.71 bits per heavy atom. The number of hydrogen-bond acceptors (Lipinski definition) is 0. The Morgan fingerprint density at radius 3 is 2.07 bits per heavy atom. The van der Waals surface area contributed by atoms with E-state index in [-0.39, 0.29) is 5.41 Å². The topological polar surface area (TPSA) is 3.88 Å². The van der Waals surface area contributed by atoms with Gasteiger partial charge in [0.05, 0.1) is 0 Å². The molecule has 0 unspecified atom stereocenters. The van der Waals surface area contributed by atoms with Crippen LogP contribution in [0.5, 0.6) is 0 Å². The zero-order chi connectivity index (χ0) is 10.9. The van der Waals surface area contributed by atoms with Crippen molar-refractivity contribution >= 4 is 0 Å². The number of pyridine rings is 1. The fourth-order valence-electron chi connectivity index (χ4n) is 1.66. The third-order valence-corrected chi connectivity index (χ3v) is 2.63. The Bertz CT molecular complexity index is 318. The second-order valence-corrected chi connectivity index (χ2v) is 5.36. The minimum absolute atomic E-state index is 0.243. The summed E-state index contributed by atoms with van der Waals surface area (Å²) in [6, 6.07) is 4.49. The first kappa shape index (κ1) is 11.2. The average Bonchev–Trinajstić information content (AvgIpc) is 2.01. The molecular weight excluding hydrogens is 170 g/mol. The highest BCUT2D eigenvalue weighted by Gasteiger charge is 2.19. The van der Waals surface area contributed by atoms with E-state index in [0.717, 1.165) is 0 Å². The normalized spacial score (nSPS) is 12.2. The standard InChI is InChI=1S/C13H22N/c1-10(2)12-8-7-11(9-14(12)6)13(3,4)5/h7-10H,1-6H3/q+1. The maximum absolute atomic E-state index is 2.25. The lowest BCUT2D eigenvalue weighted by molar-refractivity contribution is -0.680. The highest BCUT2D eigenvalue weighted by Crippen LogP contribution is 2.21. The van der Waals surface area contributed by atoms with Crippen molar-refractivity contribution in [2.24, 2.45) is 7.05 Å². The zero-order valence-electron chi connectivity index (χ0n) is 10.3. The Balaban J connectivity index is 3.13. The van der Waals surface area contributed by atoms with Crippen LogP contribution in [0.2, 0.25) is 0 Å². The fraction of sp³-hybridized carbons (Fsp3) is 0.615. The molecule has 14 heavy (non-hydrogen) atoms. The van der Waals surface area contributed by atoms with E-state index in [4.69, 9.17) is 0 Å². The molecule has 0 saturated heterocycles. The van der Waals surface area contributed by atoms with Gasteiger partial charge in [-0.2, -0.15) is 0 Å². The van der Waals surface area contributed by atoms with Crippen LogP contribution in [0.3, 0.4) is 0 Å². The van der Waals surface area contributed by atoms with Crippen LogP contribution in [0.15, 0.2) is 18.3 Å². The summed E-state index contributed by atoms with van der Waals surface area (Å²) in [5.41, 5.74) is 3.02. The molecule has 0 saturated carbocycles. The summed E-state index contributed by atoms with van der Waals surface area (Å²) >= 11 is 0. The molecule has 0 fully saturated rings. The maximum Gasteiger partial charge on any atom is 0.183 e. The lowest BCUT2D eigenvalue weighted by atomic mass is 9.88. The molecule has 0 N–H and O–H groups in total. The number of nitrogens with zero attached hydrogens (tertiary/aromatic N) is 1. The van der Waals surface area contributed by atoms with Gasteiger partial charge < -0.3 is 0 Å². The Hall–Kier alpha value is -0.850. The van der Waals surface area contributed by atoms with E-state index in [1.54, 1.807) is 0 Å². The molecule has 0 atom stereocenters. The lowest BCUT2D eigenvalue weighted by Crippen LogP contribution is -2.35. The zero-order valence-corrected chi connectivity index (χ0v) is 10.3. The Labute approximate surface area is 87.8 Å². The van der Waals surface area contributed by atoms with E-state index in [9.17, 15) is 0 Å². The van der Waals surface area contributed by atoms with Crippen molar-refractivity contribution < 1.29 is 4.57 Å². The number of aryl methyl sites for hydroxylation is 1. The summed E-state index contributed by atoms with van der Waals surface area (Å²) in [6.45, 7) is 11.2. The van der Waals surface area contributed by atoms with E-state index < -0.39 is 0 Å². The van der Waals surface area contributed by atoms with Gasteiger partial charge in [-0.25, -0.2) is 4.57 Å². The molecular formula is C13H22N+. The van der Waals surface area contributed by atoms with Crippen molar-refractivity contribution in [3.63, 3.8) is 0 Å². The van der Waals surface area contributed by atoms with Crippen LogP contribution in [0.1, 0.15) is 51.8 Å². The minimum atomic E-state index is 0.243. The van der Waals surface area contributed by atoms with Gasteiger partial charge in [-0.15, -0.1) is 0 Å². The third-order valence-electron chi connectivity index (χ3n) is 2.63. The molecule has 0 aromatic carbocycles. The molecule has 0 aliphatic carbocycles. The number of aromatic nitrogens is 1. The van der Waals surface area contributed by atoms with Crippen molar-refractivity contribution in [2.45, 2.75) is 46.0 Å². The van der Waals surface area contributed by atoms with E-state index in [2.05, 4.69) is 64.6 Å². The van der Waals surface area contributed by atoms with Crippen LogP contribution < -0.4 is 4.57 Å². The third kappa shape index (κ3) is 2.34. The Morgan fingerprint density at radius 1 is 1.14 bits per heavy atom. The van der Waals surface area contributed by atoms with E-state index in [1.807, 2.05) is 0 Å². The molecule has 1 heterocycles. The average molecular weight is 192 g/mol. The van der Waals surface area contributed by atoms with Gasteiger partial charge in [0.2, 0.25) is 0 Å². The van der Waals surface area contributed by atoms with Gasteiger partial charge in [0.25, 0.3) is 0 Å². The van der Waals surface area contributed by atoms with Crippen LogP contribution in [0.25, 0.3) is 0 Å². The summed E-state index contributed by atoms with van der Waals surface area (Å²) in [6.07, 6.45) is 2.25. The van der Waals surface area contributed by atoms with Gasteiger partial charge >= 0.3 is 0 Å². The van der Waals surface area contributed by atoms with Gasteiger partial charge in [0.1, 0.15) is 7.05 Å². The summed E-state index contributed by atoms with van der Waals surface area (Å²) in [7, 11) is 2.13. The van der Waals surface area contributed by atoms with Crippen LogP contribution in [0, 0.1) is 0 Å². The first-order chi connectivity index (χ1) is 6.32. The molecule has 0 aliphatic rings. The first-order valence-electron chi connectivity index (χ1n) is 5.32. The van der Waals surface area contributed by atoms with Gasteiger partial charge in [0.15, 0.2) is 11.9 Å². The van der Waals surface area contributed by atoms with Gasteiger partial charge in [-0.3, -0.25) is 0 Å². The van der Waals surface area contributed by atoms with Crippen LogP contribution in [-0.2, 0) is 12.5 Å². The van der Waals surface area contributed by atoms with E-state index in [1.165, 1.54) is 11.3 Å². The SMILES string of the molecule is CC(C)c1ccc(C(C)(C)C)c[n+]1C. The summed E-state index contributed by atoms with van der Waals surface area (Å²) in [5.74, 6) is 0.592.